The Bertz CT molecular complexity index is 3310. The predicted molar refractivity (Wildman–Crippen MR) is 365 cm³/mol. The van der Waals surface area contributed by atoms with Crippen molar-refractivity contribution in [3.05, 3.63) is 71.5 Å². The van der Waals surface area contributed by atoms with Crippen LogP contribution in [0.5, 0.6) is 0 Å². The number of carbonyl (C=O) groups is 14. The topological polar surface area (TPSA) is 545 Å². The van der Waals surface area contributed by atoms with E-state index in [-0.39, 0.29) is 106 Å². The SMILES string of the molecule is CC[C@H](C)[C@H](NC(=O)[C@@H](CCC(=O)O)NC(=O)[C@H](CC(C)C)NC(=O)c1nc([C@@H](N)[C@@H](C)CC)oc1C)C(=O)N[C@H]1CCCCNC(=O)[C@H](CC(N)=O)NC(=O)[C@@H](CC(=O)O)NC(=O)[C@H](Cc2cnc[nH]2)NC(=O)[C@@H](Cc2ccccc2)NC(=O)[C@H]([C@@H](C)CC)NC(=O)[C@@H](CCCN)NC1=O. The number of aromatic amines is 1. The summed E-state index contributed by atoms with van der Waals surface area (Å²) < 4.78 is 5.75. The molecule has 1 saturated heterocycles. The van der Waals surface area contributed by atoms with Gasteiger partial charge in [-0.15, -0.1) is 0 Å². The summed E-state index contributed by atoms with van der Waals surface area (Å²) in [5.41, 5.74) is 18.5. The molecular formula is C67H103N17O17. The molecule has 0 saturated carbocycles. The fourth-order valence-corrected chi connectivity index (χ4v) is 10.9. The summed E-state index contributed by atoms with van der Waals surface area (Å²) in [6.07, 6.45) is 0.0775. The van der Waals surface area contributed by atoms with Crippen LogP contribution in [0.4, 0.5) is 0 Å². The molecule has 558 valence electrons. The average Bonchev–Trinajstić information content (AvgIpc) is 1.75. The number of aryl methyl sites for hydroxylation is 1. The zero-order valence-electron chi connectivity index (χ0n) is 58.9. The molecule has 1 aromatic carbocycles. The molecule has 34 heteroatoms. The van der Waals surface area contributed by atoms with Crippen LogP contribution in [-0.4, -0.2) is 181 Å². The number of imidazole rings is 1. The minimum atomic E-state index is -1.95. The smallest absolute Gasteiger partial charge is 0.305 e. The van der Waals surface area contributed by atoms with Crippen LogP contribution < -0.4 is 75.7 Å². The first-order chi connectivity index (χ1) is 47.8. The standard InChI is InChI=1S/C67H103N17O17/c1-10-35(6)52(70)67-84-55(38(9)101-67)66(100)80-44(27-34(4)5)60(94)75-43(23-24-50(86)87)59(93)83-53(36(7)11-2)64(98)76-41-21-16-17-26-72-56(90)47(30-49(69)85)78-63(97)48(31-51(88)89)79-62(96)46(29-40-32-71-33-73-40)77-61(95)45(28-39-19-14-13-15-20-39)81-65(99)54(37(8)12-3)82-58(92)42(22-18-25-68)74-57(41)91/h13-15,19-20,32-37,41-48,52-54H,10-12,16-18,21-31,68,70H2,1-9H3,(H2,69,85)(H,71,73)(H,72,90)(H,74,91)(H,75,94)(H,76,98)(H,77,95)(H,78,97)(H,79,96)(H,80,100)(H,81,99)(H,82,92)(H,83,93)(H,86,87)(H,88,89)/t35-,36-,37-,41-,42+,43+,44-,45+,46-,47-,48+,52-,53-,54-/m0/s1. The minimum Gasteiger partial charge on any atom is -0.481 e. The normalized spacial score (nSPS) is 21.6. The molecule has 14 atom stereocenters. The number of nitrogens with two attached hydrogens (primary N) is 3. The van der Waals surface area contributed by atoms with Gasteiger partial charge in [-0.05, 0) is 87.6 Å². The predicted octanol–water partition coefficient (Wildman–Crippen LogP) is -0.909. The number of amides is 12. The Morgan fingerprint density at radius 3 is 1.84 bits per heavy atom. The molecule has 0 radical (unpaired) electrons. The number of oxazole rings is 1. The van der Waals surface area contributed by atoms with E-state index in [1.807, 2.05) is 13.8 Å². The molecule has 4 rings (SSSR count). The van der Waals surface area contributed by atoms with Crippen molar-refractivity contribution >= 4 is 82.8 Å². The molecule has 2 aromatic heterocycles. The molecule has 1 aliphatic heterocycles. The highest BCUT2D eigenvalue weighted by Crippen LogP contribution is 2.24. The lowest BCUT2D eigenvalue weighted by atomic mass is 9.96. The number of hydrogen-bond acceptors (Lipinski definition) is 19. The molecule has 1 fully saturated rings. The molecule has 3 aromatic rings. The van der Waals surface area contributed by atoms with Crippen molar-refractivity contribution in [2.24, 2.45) is 40.9 Å². The van der Waals surface area contributed by atoms with Crippen molar-refractivity contribution in [2.75, 3.05) is 13.1 Å². The molecule has 34 nitrogen and oxygen atoms in total. The van der Waals surface area contributed by atoms with Crippen LogP contribution in [0.1, 0.15) is 178 Å². The minimum absolute atomic E-state index is 0.00846. The van der Waals surface area contributed by atoms with Crippen molar-refractivity contribution in [1.29, 1.82) is 0 Å². The second-order valence-electron chi connectivity index (χ2n) is 26.1. The highest BCUT2D eigenvalue weighted by molar-refractivity contribution is 6.01. The van der Waals surface area contributed by atoms with Crippen LogP contribution in [0.3, 0.4) is 0 Å². The maximum absolute atomic E-state index is 14.9. The van der Waals surface area contributed by atoms with E-state index < -0.39 is 187 Å². The van der Waals surface area contributed by atoms with Crippen LogP contribution in [0.25, 0.3) is 0 Å². The van der Waals surface area contributed by atoms with Crippen LogP contribution >= 0.6 is 0 Å². The Morgan fingerprint density at radius 2 is 1.26 bits per heavy atom. The van der Waals surface area contributed by atoms with E-state index in [1.54, 1.807) is 71.9 Å². The third kappa shape index (κ3) is 27.3. The van der Waals surface area contributed by atoms with Gasteiger partial charge in [0.15, 0.2) is 5.69 Å². The molecule has 1 aliphatic rings. The summed E-state index contributed by atoms with van der Waals surface area (Å²) in [5.74, 6) is -16.0. The quantitative estimate of drug-likeness (QED) is 0.0371. The van der Waals surface area contributed by atoms with Gasteiger partial charge < -0.3 is 95.3 Å². The van der Waals surface area contributed by atoms with Gasteiger partial charge in [0.05, 0.1) is 25.2 Å². The number of rotatable bonds is 31. The molecule has 20 N–H and O–H groups in total. The van der Waals surface area contributed by atoms with Crippen LogP contribution in [0.2, 0.25) is 0 Å². The summed E-state index contributed by atoms with van der Waals surface area (Å²) in [6, 6.07) is -7.93. The number of carboxylic acids is 2. The Kier molecular flexibility index (Phi) is 34.5. The lowest BCUT2D eigenvalue weighted by Gasteiger charge is -2.30. The lowest BCUT2D eigenvalue weighted by molar-refractivity contribution is -0.142. The number of aliphatic carboxylic acids is 2. The number of hydrogen-bond donors (Lipinski definition) is 17. The highest BCUT2D eigenvalue weighted by atomic mass is 16.4. The van der Waals surface area contributed by atoms with Crippen molar-refractivity contribution in [3.8, 4) is 0 Å². The summed E-state index contributed by atoms with van der Waals surface area (Å²) >= 11 is 0. The third-order valence-corrected chi connectivity index (χ3v) is 17.5. The zero-order valence-corrected chi connectivity index (χ0v) is 58.9. The van der Waals surface area contributed by atoms with E-state index in [4.69, 9.17) is 21.6 Å². The summed E-state index contributed by atoms with van der Waals surface area (Å²) in [4.78, 5) is 207. The Hall–Kier alpha value is -9.86. The van der Waals surface area contributed by atoms with E-state index in [2.05, 4.69) is 73.4 Å². The summed E-state index contributed by atoms with van der Waals surface area (Å²) in [6.45, 7) is 15.4. The molecule has 0 bridgehead atoms. The van der Waals surface area contributed by atoms with Gasteiger partial charge in [-0.1, -0.05) is 105 Å². The van der Waals surface area contributed by atoms with Gasteiger partial charge in [-0.2, -0.15) is 0 Å². The largest absolute Gasteiger partial charge is 0.481 e. The number of carboxylic acid groups (broad SMARTS) is 2. The fraction of sp³-hybridized carbons (Fsp3) is 0.612. The van der Waals surface area contributed by atoms with Crippen LogP contribution in [0, 0.1) is 30.6 Å². The van der Waals surface area contributed by atoms with E-state index >= 15 is 0 Å². The van der Waals surface area contributed by atoms with Gasteiger partial charge in [0.25, 0.3) is 5.91 Å². The number of benzene rings is 1. The molecule has 0 aliphatic carbocycles. The van der Waals surface area contributed by atoms with E-state index in [0.717, 1.165) is 0 Å². The lowest BCUT2D eigenvalue weighted by Crippen LogP contribution is -2.62. The highest BCUT2D eigenvalue weighted by Gasteiger charge is 2.39. The third-order valence-electron chi connectivity index (χ3n) is 17.5. The van der Waals surface area contributed by atoms with Crippen molar-refractivity contribution in [1.82, 2.24) is 73.4 Å². The molecule has 12 amide bonds. The molecular weight excluding hydrogens is 1310 g/mol. The van der Waals surface area contributed by atoms with Crippen LogP contribution in [-0.2, 0) is 75.2 Å². The average molecular weight is 1420 g/mol. The van der Waals surface area contributed by atoms with E-state index in [9.17, 15) is 77.3 Å². The monoisotopic (exact) mass is 1420 g/mol. The van der Waals surface area contributed by atoms with Gasteiger partial charge in [0, 0.05) is 37.7 Å². The van der Waals surface area contributed by atoms with Gasteiger partial charge in [-0.25, -0.2) is 9.97 Å². The number of H-pyrrole nitrogens is 1. The van der Waals surface area contributed by atoms with Gasteiger partial charge in [0.2, 0.25) is 70.9 Å². The fourth-order valence-electron chi connectivity index (χ4n) is 10.9. The van der Waals surface area contributed by atoms with Crippen molar-refractivity contribution < 1.29 is 81.8 Å². The number of primary amides is 1. The van der Waals surface area contributed by atoms with Crippen molar-refractivity contribution in [2.45, 2.75) is 225 Å². The Morgan fingerprint density at radius 1 is 0.663 bits per heavy atom. The zero-order chi connectivity index (χ0) is 75.2. The van der Waals surface area contributed by atoms with Crippen molar-refractivity contribution in [3.63, 3.8) is 0 Å². The van der Waals surface area contributed by atoms with Crippen LogP contribution in [0.15, 0.2) is 47.3 Å². The second kappa shape index (κ2) is 41.6. The number of aromatic nitrogens is 3. The number of nitrogens with one attached hydrogen (secondary N) is 12. The summed E-state index contributed by atoms with van der Waals surface area (Å²) in [7, 11) is 0. The maximum Gasteiger partial charge on any atom is 0.305 e. The molecule has 101 heavy (non-hydrogen) atoms. The first kappa shape index (κ1) is 83.6. The molecule has 0 unspecified atom stereocenters. The Labute approximate surface area is 586 Å². The first-order valence-electron chi connectivity index (χ1n) is 34.3. The molecule has 0 spiro atoms. The van der Waals surface area contributed by atoms with Gasteiger partial charge >= 0.3 is 11.9 Å². The van der Waals surface area contributed by atoms with Gasteiger partial charge in [-0.3, -0.25) is 67.1 Å². The number of nitrogens with zero attached hydrogens (tertiary/aromatic N) is 2. The first-order valence-corrected chi connectivity index (χ1v) is 34.3. The Balaban J connectivity index is 1.78. The van der Waals surface area contributed by atoms with E-state index in [1.165, 1.54) is 19.4 Å². The van der Waals surface area contributed by atoms with Gasteiger partial charge in [0.1, 0.15) is 66.2 Å². The summed E-state index contributed by atoms with van der Waals surface area (Å²) in [5, 5.41) is 48.3. The van der Waals surface area contributed by atoms with E-state index in [0.29, 0.717) is 17.7 Å². The number of carbonyl (C=O) groups excluding carboxylic acids is 12. The maximum atomic E-state index is 14.9. The molecule has 3 heterocycles. The second-order valence-corrected chi connectivity index (χ2v) is 26.1.